The number of hydrogen-bond acceptors (Lipinski definition) is 6. The molecule has 0 spiro atoms. The van der Waals surface area contributed by atoms with Crippen molar-refractivity contribution >= 4 is 23.0 Å². The molecule has 2 N–H and O–H groups in total. The molecule has 0 radical (unpaired) electrons. The molecule has 4 rings (SSSR count). The van der Waals surface area contributed by atoms with Crippen LogP contribution < -0.4 is 20.5 Å². The van der Waals surface area contributed by atoms with Gasteiger partial charge in [-0.2, -0.15) is 5.10 Å². The first-order chi connectivity index (χ1) is 16.0. The van der Waals surface area contributed by atoms with E-state index in [1.54, 1.807) is 57.5 Å². The van der Waals surface area contributed by atoms with E-state index in [9.17, 15) is 9.59 Å². The van der Waals surface area contributed by atoms with E-state index in [0.717, 1.165) is 5.56 Å². The SMILES string of the molecule is COc1ccc(-c2[nH]n(-c3ccc(OC)cc3)c(=O)c2C(C)=NNC(=O)c2cccs2)cc1. The van der Waals surface area contributed by atoms with Crippen molar-refractivity contribution in [1.82, 2.24) is 15.2 Å². The fraction of sp³-hybridized carbons (Fsp3) is 0.125. The fourth-order valence-corrected chi connectivity index (χ4v) is 3.92. The molecule has 0 atom stereocenters. The van der Waals surface area contributed by atoms with Crippen LogP contribution in [0.15, 0.2) is 75.9 Å². The van der Waals surface area contributed by atoms with Gasteiger partial charge in [-0.15, -0.1) is 11.3 Å². The number of methoxy groups -OCH3 is 2. The second-order valence-electron chi connectivity index (χ2n) is 7.04. The first kappa shape index (κ1) is 22.1. The molecule has 0 fully saturated rings. The lowest BCUT2D eigenvalue weighted by Crippen LogP contribution is -2.23. The molecular weight excluding hydrogens is 440 g/mol. The van der Waals surface area contributed by atoms with Gasteiger partial charge in [0.25, 0.3) is 11.5 Å². The number of amides is 1. The molecule has 0 unspecified atom stereocenters. The lowest BCUT2D eigenvalue weighted by Gasteiger charge is -2.05. The number of carbonyl (C=O) groups excluding carboxylic acids is 1. The Hall–Kier alpha value is -4.11. The molecule has 9 heteroatoms. The van der Waals surface area contributed by atoms with Gasteiger partial charge in [-0.3, -0.25) is 14.7 Å². The summed E-state index contributed by atoms with van der Waals surface area (Å²) in [5.74, 6) is 1.05. The summed E-state index contributed by atoms with van der Waals surface area (Å²) in [5, 5.41) is 9.21. The number of nitrogens with one attached hydrogen (secondary N) is 2. The van der Waals surface area contributed by atoms with Crippen LogP contribution in [0.4, 0.5) is 0 Å². The molecule has 0 bridgehead atoms. The number of rotatable bonds is 7. The molecule has 8 nitrogen and oxygen atoms in total. The number of hydrogen-bond donors (Lipinski definition) is 2. The summed E-state index contributed by atoms with van der Waals surface area (Å²) in [6.45, 7) is 1.69. The van der Waals surface area contributed by atoms with Gasteiger partial charge in [0.2, 0.25) is 0 Å². The number of nitrogens with zero attached hydrogens (tertiary/aromatic N) is 2. The number of aromatic amines is 1. The highest BCUT2D eigenvalue weighted by Gasteiger charge is 2.20. The minimum absolute atomic E-state index is 0.294. The molecule has 0 aliphatic heterocycles. The fourth-order valence-electron chi connectivity index (χ4n) is 3.31. The van der Waals surface area contributed by atoms with Gasteiger partial charge in [0, 0.05) is 5.56 Å². The summed E-state index contributed by atoms with van der Waals surface area (Å²) in [6.07, 6.45) is 0. The minimum atomic E-state index is -0.332. The molecule has 0 aliphatic rings. The highest BCUT2D eigenvalue weighted by molar-refractivity contribution is 7.12. The zero-order chi connectivity index (χ0) is 23.4. The Bertz CT molecular complexity index is 1330. The summed E-state index contributed by atoms with van der Waals surface area (Å²) in [7, 11) is 3.18. The predicted octanol–water partition coefficient (Wildman–Crippen LogP) is 4.07. The van der Waals surface area contributed by atoms with Crippen LogP contribution >= 0.6 is 11.3 Å². The van der Waals surface area contributed by atoms with E-state index in [2.05, 4.69) is 15.6 Å². The molecule has 0 saturated carbocycles. The molecule has 0 aliphatic carbocycles. The largest absolute Gasteiger partial charge is 0.497 e. The van der Waals surface area contributed by atoms with Gasteiger partial charge >= 0.3 is 0 Å². The van der Waals surface area contributed by atoms with E-state index in [1.165, 1.54) is 16.0 Å². The van der Waals surface area contributed by atoms with Crippen molar-refractivity contribution in [3.63, 3.8) is 0 Å². The van der Waals surface area contributed by atoms with E-state index >= 15 is 0 Å². The summed E-state index contributed by atoms with van der Waals surface area (Å²) in [5.41, 5.74) is 4.95. The van der Waals surface area contributed by atoms with E-state index in [1.807, 2.05) is 29.6 Å². The lowest BCUT2D eigenvalue weighted by molar-refractivity contribution is 0.0959. The first-order valence-corrected chi connectivity index (χ1v) is 10.9. The number of carbonyl (C=O) groups is 1. The minimum Gasteiger partial charge on any atom is -0.497 e. The van der Waals surface area contributed by atoms with Gasteiger partial charge in [0.15, 0.2) is 0 Å². The van der Waals surface area contributed by atoms with Gasteiger partial charge in [-0.05, 0) is 66.9 Å². The Morgan fingerprint density at radius 2 is 1.64 bits per heavy atom. The molecule has 168 valence electrons. The zero-order valence-electron chi connectivity index (χ0n) is 18.3. The molecule has 2 heterocycles. The Kier molecular flexibility index (Phi) is 6.41. The van der Waals surface area contributed by atoms with Crippen molar-refractivity contribution in [3.8, 4) is 28.4 Å². The Balaban J connectivity index is 1.78. The third-order valence-electron chi connectivity index (χ3n) is 5.03. The smallest absolute Gasteiger partial charge is 0.281 e. The molecule has 2 aromatic heterocycles. The average molecular weight is 463 g/mol. The van der Waals surface area contributed by atoms with Gasteiger partial charge in [-0.25, -0.2) is 10.1 Å². The van der Waals surface area contributed by atoms with Crippen LogP contribution in [0.3, 0.4) is 0 Å². The second-order valence-corrected chi connectivity index (χ2v) is 7.99. The lowest BCUT2D eigenvalue weighted by atomic mass is 10.1. The monoisotopic (exact) mass is 462 g/mol. The predicted molar refractivity (Wildman–Crippen MR) is 129 cm³/mol. The van der Waals surface area contributed by atoms with Gasteiger partial charge < -0.3 is 9.47 Å². The van der Waals surface area contributed by atoms with Crippen LogP contribution in [0.5, 0.6) is 11.5 Å². The molecule has 1 amide bonds. The van der Waals surface area contributed by atoms with Crippen molar-refractivity contribution < 1.29 is 14.3 Å². The second kappa shape index (κ2) is 9.58. The standard InChI is InChI=1S/C24H22N4O4S/c1-15(25-26-23(29)20-5-4-14-33-20)21-22(16-6-10-18(31-2)11-7-16)27-28(24(21)30)17-8-12-19(32-3)13-9-17/h4-14,27H,1-3H3,(H,26,29). The van der Waals surface area contributed by atoms with Crippen LogP contribution in [0.2, 0.25) is 0 Å². The highest BCUT2D eigenvalue weighted by atomic mass is 32.1. The topological polar surface area (TPSA) is 97.7 Å². The van der Waals surface area contributed by atoms with Crippen molar-refractivity contribution in [2.24, 2.45) is 5.10 Å². The Labute approximate surface area is 194 Å². The average Bonchev–Trinajstić information content (AvgIpc) is 3.51. The van der Waals surface area contributed by atoms with Crippen LogP contribution in [0, 0.1) is 0 Å². The number of benzene rings is 2. The quantitative estimate of drug-likeness (QED) is 0.320. The van der Waals surface area contributed by atoms with Crippen LogP contribution in [-0.2, 0) is 0 Å². The number of H-pyrrole nitrogens is 1. The summed E-state index contributed by atoms with van der Waals surface area (Å²) >= 11 is 1.31. The molecule has 2 aromatic carbocycles. The first-order valence-electron chi connectivity index (χ1n) is 10.0. The molecule has 4 aromatic rings. The number of hydrazone groups is 1. The van der Waals surface area contributed by atoms with Crippen LogP contribution in [-0.4, -0.2) is 35.6 Å². The van der Waals surface area contributed by atoms with E-state index in [-0.39, 0.29) is 11.5 Å². The van der Waals surface area contributed by atoms with E-state index in [4.69, 9.17) is 9.47 Å². The normalized spacial score (nSPS) is 11.3. The molecule has 33 heavy (non-hydrogen) atoms. The number of thiophene rings is 1. The van der Waals surface area contributed by atoms with E-state index < -0.39 is 0 Å². The maximum atomic E-state index is 13.4. The van der Waals surface area contributed by atoms with Crippen molar-refractivity contribution in [3.05, 3.63) is 86.8 Å². The number of ether oxygens (including phenoxy) is 2. The molecular formula is C24H22N4O4S. The van der Waals surface area contributed by atoms with Crippen molar-refractivity contribution in [2.45, 2.75) is 6.92 Å². The molecule has 0 saturated heterocycles. The zero-order valence-corrected chi connectivity index (χ0v) is 19.1. The van der Waals surface area contributed by atoms with Crippen molar-refractivity contribution in [2.75, 3.05) is 14.2 Å². The van der Waals surface area contributed by atoms with Gasteiger partial charge in [0.1, 0.15) is 11.5 Å². The number of aromatic nitrogens is 2. The summed E-state index contributed by atoms with van der Waals surface area (Å²) in [6, 6.07) is 17.9. The van der Waals surface area contributed by atoms with Crippen LogP contribution in [0.1, 0.15) is 22.2 Å². The summed E-state index contributed by atoms with van der Waals surface area (Å²) < 4.78 is 11.9. The van der Waals surface area contributed by atoms with Gasteiger partial charge in [0.05, 0.1) is 41.8 Å². The maximum absolute atomic E-state index is 13.4. The van der Waals surface area contributed by atoms with E-state index in [0.29, 0.717) is 39.0 Å². The highest BCUT2D eigenvalue weighted by Crippen LogP contribution is 2.24. The van der Waals surface area contributed by atoms with Crippen LogP contribution in [0.25, 0.3) is 16.9 Å². The Morgan fingerprint density at radius 1 is 1.00 bits per heavy atom. The third kappa shape index (κ3) is 4.58. The van der Waals surface area contributed by atoms with Gasteiger partial charge in [-0.1, -0.05) is 6.07 Å². The third-order valence-corrected chi connectivity index (χ3v) is 5.90. The Morgan fingerprint density at radius 3 is 2.21 bits per heavy atom. The summed E-state index contributed by atoms with van der Waals surface area (Å²) in [4.78, 5) is 26.3. The van der Waals surface area contributed by atoms with Crippen molar-refractivity contribution in [1.29, 1.82) is 0 Å². The maximum Gasteiger partial charge on any atom is 0.281 e.